The number of fused-ring (bicyclic) bond motifs is 1. The fraction of sp³-hybridized carbons (Fsp3) is 0.556. The maximum atomic E-state index is 12.7. The zero-order valence-electron chi connectivity index (χ0n) is 13.6. The number of nitrogens with zero attached hydrogens (tertiary/aromatic N) is 1. The summed E-state index contributed by atoms with van der Waals surface area (Å²) in [5, 5.41) is 2.60. The number of ether oxygens (including phenoxy) is 1. The summed E-state index contributed by atoms with van der Waals surface area (Å²) in [6.07, 6.45) is 5.91. The summed E-state index contributed by atoms with van der Waals surface area (Å²) >= 11 is 0. The molecule has 0 radical (unpaired) electrons. The molecule has 1 aromatic rings. The van der Waals surface area contributed by atoms with E-state index in [1.54, 1.807) is 11.9 Å². The number of hydrogen-bond acceptors (Lipinski definition) is 3. The molecule has 124 valence electrons. The maximum Gasteiger partial charge on any atom is 0.262 e. The van der Waals surface area contributed by atoms with Crippen molar-refractivity contribution in [3.63, 3.8) is 0 Å². The molecule has 1 aliphatic carbocycles. The van der Waals surface area contributed by atoms with Crippen molar-refractivity contribution in [2.45, 2.75) is 44.6 Å². The fourth-order valence-corrected chi connectivity index (χ4v) is 3.53. The van der Waals surface area contributed by atoms with E-state index in [9.17, 15) is 9.59 Å². The molecule has 0 spiro atoms. The Kier molecular flexibility index (Phi) is 4.84. The molecule has 2 aliphatic rings. The Morgan fingerprint density at radius 2 is 2.00 bits per heavy atom. The van der Waals surface area contributed by atoms with Crippen molar-refractivity contribution in [1.29, 1.82) is 0 Å². The lowest BCUT2D eigenvalue weighted by Crippen LogP contribution is -2.50. The number of carbonyl (C=O) groups is 2. The summed E-state index contributed by atoms with van der Waals surface area (Å²) < 4.78 is 5.74. The van der Waals surface area contributed by atoms with Crippen LogP contribution in [0.1, 0.15) is 38.5 Å². The fourth-order valence-electron chi connectivity index (χ4n) is 3.53. The number of likely N-dealkylation sites (N-methyl/N-ethyl adjacent to an activating group) is 1. The van der Waals surface area contributed by atoms with Crippen molar-refractivity contribution in [2.75, 3.05) is 18.5 Å². The zero-order valence-corrected chi connectivity index (χ0v) is 13.6. The van der Waals surface area contributed by atoms with Gasteiger partial charge in [-0.2, -0.15) is 0 Å². The molecule has 1 aliphatic heterocycles. The lowest BCUT2D eigenvalue weighted by Gasteiger charge is -2.34. The Morgan fingerprint density at radius 3 is 2.74 bits per heavy atom. The van der Waals surface area contributed by atoms with E-state index in [1.165, 1.54) is 25.7 Å². The molecule has 1 atom stereocenters. The summed E-state index contributed by atoms with van der Waals surface area (Å²) in [6.45, 7) is 0.278. The molecule has 5 heteroatoms. The first kappa shape index (κ1) is 15.8. The lowest BCUT2D eigenvalue weighted by molar-refractivity contribution is -0.128. The van der Waals surface area contributed by atoms with E-state index in [1.807, 2.05) is 24.3 Å². The number of anilines is 1. The largest absolute Gasteiger partial charge is 0.477 e. The molecule has 1 saturated carbocycles. The van der Waals surface area contributed by atoms with Crippen LogP contribution < -0.4 is 15.0 Å². The van der Waals surface area contributed by atoms with Crippen LogP contribution in [0.3, 0.4) is 0 Å². The number of benzene rings is 1. The van der Waals surface area contributed by atoms with E-state index in [0.29, 0.717) is 18.1 Å². The van der Waals surface area contributed by atoms with E-state index >= 15 is 0 Å². The van der Waals surface area contributed by atoms with Gasteiger partial charge in [-0.05, 0) is 24.5 Å². The normalized spacial score (nSPS) is 20.7. The second-order valence-corrected chi connectivity index (χ2v) is 6.38. The summed E-state index contributed by atoms with van der Waals surface area (Å²) in [6, 6.07) is 7.43. The first-order valence-corrected chi connectivity index (χ1v) is 8.46. The first-order chi connectivity index (χ1) is 11.2. The standard InChI is InChI=1S/C18H24N2O3/c1-19-18(22)16-12-20(14-8-4-5-9-15(14)23-16)17(21)11-10-13-6-2-3-7-13/h4-5,8-9,13,16H,2-3,6-7,10-12H2,1H3,(H,19,22). The van der Waals surface area contributed by atoms with Crippen LogP contribution in [0.25, 0.3) is 0 Å². The predicted molar refractivity (Wildman–Crippen MR) is 88.5 cm³/mol. The summed E-state index contributed by atoms with van der Waals surface area (Å²) in [4.78, 5) is 26.4. The number of amides is 2. The number of rotatable bonds is 4. The van der Waals surface area contributed by atoms with E-state index < -0.39 is 6.10 Å². The Morgan fingerprint density at radius 1 is 1.26 bits per heavy atom. The molecule has 1 aromatic carbocycles. The molecule has 3 rings (SSSR count). The van der Waals surface area contributed by atoms with Crippen LogP contribution in [0, 0.1) is 5.92 Å². The summed E-state index contributed by atoms with van der Waals surface area (Å²) in [5.74, 6) is 1.17. The highest BCUT2D eigenvalue weighted by atomic mass is 16.5. The van der Waals surface area contributed by atoms with Crippen LogP contribution in [-0.4, -0.2) is 31.5 Å². The molecule has 0 aromatic heterocycles. The second kappa shape index (κ2) is 7.02. The van der Waals surface area contributed by atoms with Gasteiger partial charge in [-0.15, -0.1) is 0 Å². The number of carbonyl (C=O) groups excluding carboxylic acids is 2. The first-order valence-electron chi connectivity index (χ1n) is 8.46. The molecule has 1 fully saturated rings. The highest BCUT2D eigenvalue weighted by Crippen LogP contribution is 2.34. The number of nitrogens with one attached hydrogen (secondary N) is 1. The van der Waals surface area contributed by atoms with Gasteiger partial charge in [-0.25, -0.2) is 0 Å². The van der Waals surface area contributed by atoms with Gasteiger partial charge in [0.25, 0.3) is 5.91 Å². The van der Waals surface area contributed by atoms with Crippen LogP contribution in [-0.2, 0) is 9.59 Å². The van der Waals surface area contributed by atoms with Crippen molar-refractivity contribution in [1.82, 2.24) is 5.32 Å². The molecule has 1 heterocycles. The third kappa shape index (κ3) is 3.49. The quantitative estimate of drug-likeness (QED) is 0.928. The van der Waals surface area contributed by atoms with Crippen molar-refractivity contribution in [3.05, 3.63) is 24.3 Å². The van der Waals surface area contributed by atoms with E-state index in [0.717, 1.165) is 12.1 Å². The lowest BCUT2D eigenvalue weighted by atomic mass is 10.0. The van der Waals surface area contributed by atoms with Crippen LogP contribution in [0.5, 0.6) is 5.75 Å². The van der Waals surface area contributed by atoms with Gasteiger partial charge in [0.2, 0.25) is 5.91 Å². The van der Waals surface area contributed by atoms with E-state index in [2.05, 4.69) is 5.32 Å². The third-order valence-electron chi connectivity index (χ3n) is 4.85. The van der Waals surface area contributed by atoms with E-state index in [-0.39, 0.29) is 18.4 Å². The topological polar surface area (TPSA) is 58.6 Å². The molecule has 23 heavy (non-hydrogen) atoms. The van der Waals surface area contributed by atoms with Gasteiger partial charge in [-0.3, -0.25) is 9.59 Å². The smallest absolute Gasteiger partial charge is 0.262 e. The van der Waals surface area contributed by atoms with Gasteiger partial charge >= 0.3 is 0 Å². The van der Waals surface area contributed by atoms with Crippen LogP contribution in [0.2, 0.25) is 0 Å². The van der Waals surface area contributed by atoms with Crippen molar-refractivity contribution in [2.24, 2.45) is 5.92 Å². The van der Waals surface area contributed by atoms with Gasteiger partial charge in [0.1, 0.15) is 5.75 Å². The second-order valence-electron chi connectivity index (χ2n) is 6.38. The molecular formula is C18H24N2O3. The zero-order chi connectivity index (χ0) is 16.2. The molecule has 2 amide bonds. The number of hydrogen-bond donors (Lipinski definition) is 1. The molecule has 1 unspecified atom stereocenters. The van der Waals surface area contributed by atoms with Crippen molar-refractivity contribution in [3.8, 4) is 5.75 Å². The summed E-state index contributed by atoms with van der Waals surface area (Å²) in [7, 11) is 1.58. The van der Waals surface area contributed by atoms with Gasteiger partial charge in [0.05, 0.1) is 12.2 Å². The van der Waals surface area contributed by atoms with Gasteiger partial charge in [0, 0.05) is 13.5 Å². The Hall–Kier alpha value is -2.04. The third-order valence-corrected chi connectivity index (χ3v) is 4.85. The van der Waals surface area contributed by atoms with Gasteiger partial charge < -0.3 is 15.0 Å². The van der Waals surface area contributed by atoms with Crippen molar-refractivity contribution >= 4 is 17.5 Å². The summed E-state index contributed by atoms with van der Waals surface area (Å²) in [5.41, 5.74) is 0.768. The number of para-hydroxylation sites is 2. The Labute approximate surface area is 137 Å². The van der Waals surface area contributed by atoms with Crippen LogP contribution in [0.4, 0.5) is 5.69 Å². The molecule has 5 nitrogen and oxygen atoms in total. The van der Waals surface area contributed by atoms with Crippen LogP contribution in [0.15, 0.2) is 24.3 Å². The molecule has 0 bridgehead atoms. The minimum atomic E-state index is -0.648. The molecular weight excluding hydrogens is 292 g/mol. The van der Waals surface area contributed by atoms with E-state index in [4.69, 9.17) is 4.74 Å². The monoisotopic (exact) mass is 316 g/mol. The van der Waals surface area contributed by atoms with Gasteiger partial charge in [0.15, 0.2) is 6.10 Å². The Balaban J connectivity index is 1.73. The highest BCUT2D eigenvalue weighted by molar-refractivity contribution is 5.97. The average molecular weight is 316 g/mol. The molecule has 1 N–H and O–H groups in total. The Bertz CT molecular complexity index is 581. The maximum absolute atomic E-state index is 12.7. The average Bonchev–Trinajstić information content (AvgIpc) is 3.11. The van der Waals surface area contributed by atoms with Crippen molar-refractivity contribution < 1.29 is 14.3 Å². The minimum Gasteiger partial charge on any atom is -0.477 e. The molecule has 0 saturated heterocycles. The highest BCUT2D eigenvalue weighted by Gasteiger charge is 2.33. The van der Waals surface area contributed by atoms with Gasteiger partial charge in [-0.1, -0.05) is 37.8 Å². The minimum absolute atomic E-state index is 0.0848. The van der Waals surface area contributed by atoms with Crippen LogP contribution >= 0.6 is 0 Å². The SMILES string of the molecule is CNC(=O)C1CN(C(=O)CCC2CCCC2)c2ccccc2O1. The predicted octanol–water partition coefficient (Wildman–Crippen LogP) is 2.50.